The average Bonchev–Trinajstić information content (AvgIpc) is 3.28. The molecule has 0 aromatic heterocycles. The summed E-state index contributed by atoms with van der Waals surface area (Å²) in [5.74, 6) is -0.870. The Morgan fingerprint density at radius 1 is 1.00 bits per heavy atom. The first-order valence-electron chi connectivity index (χ1n) is 9.44. The van der Waals surface area contributed by atoms with E-state index in [0.717, 1.165) is 12.8 Å². The number of likely N-dealkylation sites (tertiary alicyclic amines) is 1. The fraction of sp³-hybridized carbons (Fsp3) is 0.333. The summed E-state index contributed by atoms with van der Waals surface area (Å²) in [6, 6.07) is 14.2. The zero-order chi connectivity index (χ0) is 21.0. The smallest absolute Gasteiger partial charge is 0.338 e. The number of benzene rings is 2. The predicted molar refractivity (Wildman–Crippen MR) is 109 cm³/mol. The van der Waals surface area contributed by atoms with Gasteiger partial charge in [0, 0.05) is 20.1 Å². The number of nitrogens with zero attached hydrogens (tertiary/aromatic N) is 2. The number of hydrogen-bond acceptors (Lipinski definition) is 5. The molecule has 29 heavy (non-hydrogen) atoms. The number of carbonyl (C=O) groups is 2. The van der Waals surface area contributed by atoms with Gasteiger partial charge in [-0.05, 0) is 56.2 Å². The van der Waals surface area contributed by atoms with E-state index in [-0.39, 0.29) is 16.4 Å². The third-order valence-corrected chi connectivity index (χ3v) is 6.72. The van der Waals surface area contributed by atoms with Gasteiger partial charge in [-0.3, -0.25) is 9.10 Å². The normalized spacial score (nSPS) is 15.0. The largest absolute Gasteiger partial charge is 0.449 e. The molecule has 1 heterocycles. The first-order chi connectivity index (χ1) is 13.8. The summed E-state index contributed by atoms with van der Waals surface area (Å²) in [4.78, 5) is 26.4. The lowest BCUT2D eigenvalue weighted by atomic mass is 10.2. The van der Waals surface area contributed by atoms with Gasteiger partial charge in [0.25, 0.3) is 15.9 Å². The lowest BCUT2D eigenvalue weighted by Crippen LogP contribution is -2.38. The fourth-order valence-corrected chi connectivity index (χ4v) is 4.37. The standard InChI is InChI=1S/C21H24N2O5S/c1-16(20(24)23-14-6-7-15-23)28-21(25)17-10-12-19(13-11-17)29(26,27)22(2)18-8-4-3-5-9-18/h3-5,8-13,16H,6-7,14-15H2,1-2H3/t16-/m0/s1. The van der Waals surface area contributed by atoms with Crippen LogP contribution in [0.1, 0.15) is 30.1 Å². The molecule has 154 valence electrons. The number of amides is 1. The Hall–Kier alpha value is -2.87. The first kappa shape index (κ1) is 20.9. The van der Waals surface area contributed by atoms with E-state index >= 15 is 0 Å². The highest BCUT2D eigenvalue weighted by molar-refractivity contribution is 7.92. The van der Waals surface area contributed by atoms with E-state index in [1.807, 2.05) is 0 Å². The Bertz CT molecular complexity index is 968. The Kier molecular flexibility index (Phi) is 6.22. The van der Waals surface area contributed by atoms with E-state index in [1.165, 1.54) is 35.6 Å². The number of esters is 1. The van der Waals surface area contributed by atoms with Gasteiger partial charge in [0.05, 0.1) is 16.1 Å². The van der Waals surface area contributed by atoms with Gasteiger partial charge in [-0.1, -0.05) is 18.2 Å². The predicted octanol–water partition coefficient (Wildman–Crippen LogP) is 2.68. The summed E-state index contributed by atoms with van der Waals surface area (Å²) in [5, 5.41) is 0. The van der Waals surface area contributed by atoms with E-state index in [2.05, 4.69) is 0 Å². The van der Waals surface area contributed by atoms with Crippen LogP contribution >= 0.6 is 0 Å². The molecule has 1 aliphatic rings. The maximum atomic E-state index is 12.8. The van der Waals surface area contributed by atoms with E-state index in [1.54, 1.807) is 42.2 Å². The van der Waals surface area contributed by atoms with Crippen LogP contribution in [0.2, 0.25) is 0 Å². The summed E-state index contributed by atoms with van der Waals surface area (Å²) in [6.45, 7) is 2.91. The number of hydrogen-bond donors (Lipinski definition) is 0. The van der Waals surface area contributed by atoms with Crippen molar-refractivity contribution < 1.29 is 22.7 Å². The van der Waals surface area contributed by atoms with Crippen LogP contribution in [0, 0.1) is 0 Å². The summed E-state index contributed by atoms with van der Waals surface area (Å²) in [6.07, 6.45) is 1.03. The van der Waals surface area contributed by atoms with Crippen molar-refractivity contribution in [2.24, 2.45) is 0 Å². The molecule has 8 heteroatoms. The minimum absolute atomic E-state index is 0.0570. The highest BCUT2D eigenvalue weighted by Gasteiger charge is 2.27. The molecule has 0 bridgehead atoms. The quantitative estimate of drug-likeness (QED) is 0.676. The average molecular weight is 416 g/mol. The third kappa shape index (κ3) is 4.59. The molecule has 2 aromatic rings. The van der Waals surface area contributed by atoms with Crippen molar-refractivity contribution in [1.82, 2.24) is 4.90 Å². The van der Waals surface area contributed by atoms with Crippen LogP contribution in [0.25, 0.3) is 0 Å². The SMILES string of the molecule is C[C@H](OC(=O)c1ccc(S(=O)(=O)N(C)c2ccccc2)cc1)C(=O)N1CCCC1. The monoisotopic (exact) mass is 416 g/mol. The number of rotatable bonds is 6. The second-order valence-electron chi connectivity index (χ2n) is 6.91. The van der Waals surface area contributed by atoms with Crippen LogP contribution in [0.15, 0.2) is 59.5 Å². The van der Waals surface area contributed by atoms with Crippen molar-refractivity contribution >= 4 is 27.6 Å². The van der Waals surface area contributed by atoms with Crippen molar-refractivity contribution in [1.29, 1.82) is 0 Å². The van der Waals surface area contributed by atoms with E-state index in [4.69, 9.17) is 4.74 Å². The molecule has 1 aliphatic heterocycles. The molecule has 1 fully saturated rings. The number of anilines is 1. The molecule has 3 rings (SSSR count). The number of ether oxygens (including phenoxy) is 1. The first-order valence-corrected chi connectivity index (χ1v) is 10.9. The topological polar surface area (TPSA) is 84.0 Å². The molecule has 7 nitrogen and oxygen atoms in total. The van der Waals surface area contributed by atoms with Crippen LogP contribution in [-0.4, -0.2) is 51.4 Å². The molecule has 1 atom stereocenters. The van der Waals surface area contributed by atoms with Crippen molar-refractivity contribution in [3.8, 4) is 0 Å². The fourth-order valence-electron chi connectivity index (χ4n) is 3.17. The summed E-state index contributed by atoms with van der Waals surface area (Å²) in [5.41, 5.74) is 0.720. The molecule has 0 unspecified atom stereocenters. The van der Waals surface area contributed by atoms with Gasteiger partial charge in [0.15, 0.2) is 6.10 Å². The zero-order valence-corrected chi connectivity index (χ0v) is 17.3. The summed E-state index contributed by atoms with van der Waals surface area (Å²) >= 11 is 0. The second-order valence-corrected chi connectivity index (χ2v) is 8.88. The molecule has 1 saturated heterocycles. The minimum Gasteiger partial charge on any atom is -0.449 e. The van der Waals surface area contributed by atoms with Crippen molar-refractivity contribution in [3.05, 3.63) is 60.2 Å². The molecule has 2 aromatic carbocycles. The highest BCUT2D eigenvalue weighted by Crippen LogP contribution is 2.22. The Morgan fingerprint density at radius 3 is 2.17 bits per heavy atom. The van der Waals surface area contributed by atoms with Crippen molar-refractivity contribution in [2.45, 2.75) is 30.8 Å². The molecular weight excluding hydrogens is 392 g/mol. The van der Waals surface area contributed by atoms with Crippen molar-refractivity contribution in [3.63, 3.8) is 0 Å². The van der Waals surface area contributed by atoms with Crippen LogP contribution in [0.5, 0.6) is 0 Å². The maximum absolute atomic E-state index is 12.8. The lowest BCUT2D eigenvalue weighted by Gasteiger charge is -2.21. The van der Waals surface area contributed by atoms with Gasteiger partial charge in [-0.2, -0.15) is 0 Å². The lowest BCUT2D eigenvalue weighted by molar-refractivity contribution is -0.138. The minimum atomic E-state index is -3.76. The van der Waals surface area contributed by atoms with Gasteiger partial charge in [0.1, 0.15) is 0 Å². The highest BCUT2D eigenvalue weighted by atomic mass is 32.2. The van der Waals surface area contributed by atoms with Crippen LogP contribution in [-0.2, 0) is 19.6 Å². The van der Waals surface area contributed by atoms with Gasteiger partial charge < -0.3 is 9.64 Å². The van der Waals surface area contributed by atoms with Gasteiger partial charge >= 0.3 is 5.97 Å². The molecule has 0 N–H and O–H groups in total. The number of carbonyl (C=O) groups excluding carboxylic acids is 2. The third-order valence-electron chi connectivity index (χ3n) is 4.92. The van der Waals surface area contributed by atoms with Crippen LogP contribution < -0.4 is 4.31 Å². The van der Waals surface area contributed by atoms with E-state index in [0.29, 0.717) is 18.8 Å². The molecule has 1 amide bonds. The van der Waals surface area contributed by atoms with Gasteiger partial charge in [-0.15, -0.1) is 0 Å². The van der Waals surface area contributed by atoms with Crippen LogP contribution in [0.3, 0.4) is 0 Å². The van der Waals surface area contributed by atoms with Gasteiger partial charge in [-0.25, -0.2) is 13.2 Å². The molecule has 0 aliphatic carbocycles. The zero-order valence-electron chi connectivity index (χ0n) is 16.4. The number of para-hydroxylation sites is 1. The summed E-state index contributed by atoms with van der Waals surface area (Å²) < 4.78 is 32.0. The van der Waals surface area contributed by atoms with E-state index < -0.39 is 22.1 Å². The Labute approximate surface area is 170 Å². The Balaban J connectivity index is 1.69. The van der Waals surface area contributed by atoms with Gasteiger partial charge in [0.2, 0.25) is 0 Å². The Morgan fingerprint density at radius 2 is 1.59 bits per heavy atom. The van der Waals surface area contributed by atoms with E-state index in [9.17, 15) is 18.0 Å². The summed E-state index contributed by atoms with van der Waals surface area (Å²) in [7, 11) is -2.29. The molecule has 0 radical (unpaired) electrons. The maximum Gasteiger partial charge on any atom is 0.338 e. The molecular formula is C21H24N2O5S. The van der Waals surface area contributed by atoms with Crippen molar-refractivity contribution in [2.75, 3.05) is 24.4 Å². The second kappa shape index (κ2) is 8.65. The molecule has 0 saturated carbocycles. The number of sulfonamides is 1. The molecule has 0 spiro atoms. The van der Waals surface area contributed by atoms with Crippen LogP contribution in [0.4, 0.5) is 5.69 Å².